The van der Waals surface area contributed by atoms with Crippen LogP contribution in [0.25, 0.3) is 10.9 Å². The van der Waals surface area contributed by atoms with E-state index < -0.39 is 0 Å². The Hall–Kier alpha value is -2.50. The van der Waals surface area contributed by atoms with Gasteiger partial charge in [-0.2, -0.15) is 0 Å². The number of hydrogen-bond donors (Lipinski definition) is 1. The molecule has 1 aliphatic heterocycles. The fourth-order valence-corrected chi connectivity index (χ4v) is 2.98. The smallest absolute Gasteiger partial charge is 0.319 e. The number of urea groups is 1. The number of nitrogens with zero attached hydrogens (tertiary/aromatic N) is 3. The van der Waals surface area contributed by atoms with E-state index in [9.17, 15) is 9.59 Å². The second kappa shape index (κ2) is 6.32. The van der Waals surface area contributed by atoms with E-state index in [1.54, 1.807) is 23.9 Å². The molecule has 3 rings (SSSR count). The van der Waals surface area contributed by atoms with E-state index in [0.717, 1.165) is 16.5 Å². The summed E-state index contributed by atoms with van der Waals surface area (Å²) in [5, 5.41) is 1.10. The molecule has 0 aliphatic carbocycles. The number of aromatic nitrogens is 1. The van der Waals surface area contributed by atoms with Gasteiger partial charge < -0.3 is 19.7 Å². The summed E-state index contributed by atoms with van der Waals surface area (Å²) < 4.78 is 0. The molecule has 2 heterocycles. The summed E-state index contributed by atoms with van der Waals surface area (Å²) >= 11 is 0. The van der Waals surface area contributed by atoms with Crippen molar-refractivity contribution in [2.75, 3.05) is 40.3 Å². The van der Waals surface area contributed by atoms with Crippen LogP contribution in [0.1, 0.15) is 5.56 Å². The summed E-state index contributed by atoms with van der Waals surface area (Å²) in [4.78, 5) is 32.8. The van der Waals surface area contributed by atoms with Gasteiger partial charge in [-0.15, -0.1) is 0 Å². The largest absolute Gasteiger partial charge is 0.361 e. The second-order valence-corrected chi connectivity index (χ2v) is 6.08. The summed E-state index contributed by atoms with van der Waals surface area (Å²) in [6.45, 7) is 2.38. The minimum Gasteiger partial charge on any atom is -0.361 e. The Bertz CT molecular complexity index is 714. The number of nitrogens with one attached hydrogen (secondary N) is 1. The highest BCUT2D eigenvalue weighted by atomic mass is 16.2. The molecule has 0 bridgehead atoms. The first-order valence-electron chi connectivity index (χ1n) is 7.85. The van der Waals surface area contributed by atoms with E-state index in [-0.39, 0.29) is 11.9 Å². The molecule has 0 spiro atoms. The highest BCUT2D eigenvalue weighted by molar-refractivity contribution is 5.89. The highest BCUT2D eigenvalue weighted by Gasteiger charge is 2.25. The van der Waals surface area contributed by atoms with Crippen LogP contribution < -0.4 is 0 Å². The molecular formula is C17H22N4O2. The van der Waals surface area contributed by atoms with E-state index in [4.69, 9.17) is 0 Å². The molecule has 1 aromatic carbocycles. The molecule has 1 aromatic heterocycles. The first kappa shape index (κ1) is 15.4. The number of hydrogen-bond acceptors (Lipinski definition) is 2. The molecule has 1 saturated heterocycles. The van der Waals surface area contributed by atoms with Crippen molar-refractivity contribution in [2.45, 2.75) is 6.42 Å². The number of benzene rings is 1. The van der Waals surface area contributed by atoms with Crippen molar-refractivity contribution in [3.05, 3.63) is 36.0 Å². The number of H-pyrrole nitrogens is 1. The Morgan fingerprint density at radius 3 is 2.43 bits per heavy atom. The van der Waals surface area contributed by atoms with E-state index >= 15 is 0 Å². The van der Waals surface area contributed by atoms with E-state index in [2.05, 4.69) is 4.98 Å². The van der Waals surface area contributed by atoms with Gasteiger partial charge in [-0.3, -0.25) is 4.79 Å². The number of piperazine rings is 1. The van der Waals surface area contributed by atoms with Crippen molar-refractivity contribution in [1.29, 1.82) is 0 Å². The van der Waals surface area contributed by atoms with Gasteiger partial charge in [-0.05, 0) is 11.6 Å². The molecule has 0 saturated carbocycles. The number of para-hydroxylation sites is 1. The normalized spacial score (nSPS) is 15.0. The van der Waals surface area contributed by atoms with Crippen LogP contribution in [0.5, 0.6) is 0 Å². The van der Waals surface area contributed by atoms with Gasteiger partial charge in [0.1, 0.15) is 0 Å². The van der Waals surface area contributed by atoms with Crippen LogP contribution in [0, 0.1) is 0 Å². The zero-order chi connectivity index (χ0) is 16.4. The Morgan fingerprint density at radius 1 is 1.09 bits per heavy atom. The van der Waals surface area contributed by atoms with Gasteiger partial charge in [0.2, 0.25) is 5.91 Å². The van der Waals surface area contributed by atoms with Gasteiger partial charge in [0.25, 0.3) is 0 Å². The van der Waals surface area contributed by atoms with Crippen molar-refractivity contribution in [2.24, 2.45) is 0 Å². The lowest BCUT2D eigenvalue weighted by atomic mass is 10.1. The third-order valence-electron chi connectivity index (χ3n) is 4.30. The standard InChI is InChI=1S/C17H22N4O2/c1-19(2)17(23)21-9-7-20(8-10-21)16(22)11-13-12-18-15-6-4-3-5-14(13)15/h3-6,12,18H,7-11H2,1-2H3. The molecule has 122 valence electrons. The molecule has 0 unspecified atom stereocenters. The molecule has 0 radical (unpaired) electrons. The van der Waals surface area contributed by atoms with Crippen molar-refractivity contribution in [3.63, 3.8) is 0 Å². The van der Waals surface area contributed by atoms with E-state index in [1.165, 1.54) is 0 Å². The van der Waals surface area contributed by atoms with Crippen molar-refractivity contribution >= 4 is 22.8 Å². The van der Waals surface area contributed by atoms with Crippen LogP contribution in [0.2, 0.25) is 0 Å². The highest BCUT2D eigenvalue weighted by Crippen LogP contribution is 2.19. The number of aromatic amines is 1. The lowest BCUT2D eigenvalue weighted by Crippen LogP contribution is -2.53. The molecule has 6 nitrogen and oxygen atoms in total. The Morgan fingerprint density at radius 2 is 1.74 bits per heavy atom. The number of fused-ring (bicyclic) bond motifs is 1. The average molecular weight is 314 g/mol. The third kappa shape index (κ3) is 3.16. The Labute approximate surface area is 135 Å². The average Bonchev–Trinajstić information content (AvgIpc) is 2.97. The summed E-state index contributed by atoms with van der Waals surface area (Å²) in [5.41, 5.74) is 2.08. The minimum absolute atomic E-state index is 0.00808. The minimum atomic E-state index is 0.00808. The van der Waals surface area contributed by atoms with Crippen LogP contribution >= 0.6 is 0 Å². The topological polar surface area (TPSA) is 59.7 Å². The molecule has 2 aromatic rings. The fraction of sp³-hybridized carbons (Fsp3) is 0.412. The second-order valence-electron chi connectivity index (χ2n) is 6.08. The maximum atomic E-state index is 12.5. The van der Waals surface area contributed by atoms with Gasteiger partial charge in [0, 0.05) is 57.4 Å². The fourth-order valence-electron chi connectivity index (χ4n) is 2.98. The quantitative estimate of drug-likeness (QED) is 0.914. The third-order valence-corrected chi connectivity index (χ3v) is 4.30. The van der Waals surface area contributed by atoms with E-state index in [1.807, 2.05) is 35.4 Å². The molecule has 6 heteroatoms. The molecule has 1 aliphatic rings. The predicted octanol–water partition coefficient (Wildman–Crippen LogP) is 1.54. The monoisotopic (exact) mass is 314 g/mol. The van der Waals surface area contributed by atoms with Crippen LogP contribution in [0.3, 0.4) is 0 Å². The lowest BCUT2D eigenvalue weighted by Gasteiger charge is -2.36. The molecule has 1 N–H and O–H groups in total. The van der Waals surface area contributed by atoms with Crippen LogP contribution in [0.15, 0.2) is 30.5 Å². The van der Waals surface area contributed by atoms with Crippen LogP contribution in [-0.4, -0.2) is 71.9 Å². The number of rotatable bonds is 2. The van der Waals surface area contributed by atoms with Gasteiger partial charge in [-0.1, -0.05) is 18.2 Å². The summed E-state index contributed by atoms with van der Waals surface area (Å²) in [5.74, 6) is 0.117. The van der Waals surface area contributed by atoms with Crippen molar-refractivity contribution in [1.82, 2.24) is 19.7 Å². The zero-order valence-corrected chi connectivity index (χ0v) is 13.6. The first-order valence-corrected chi connectivity index (χ1v) is 7.85. The lowest BCUT2D eigenvalue weighted by molar-refractivity contribution is -0.131. The van der Waals surface area contributed by atoms with Gasteiger partial charge in [0.15, 0.2) is 0 Å². The molecular weight excluding hydrogens is 292 g/mol. The van der Waals surface area contributed by atoms with Gasteiger partial charge in [0.05, 0.1) is 6.42 Å². The van der Waals surface area contributed by atoms with Crippen LogP contribution in [-0.2, 0) is 11.2 Å². The Kier molecular flexibility index (Phi) is 4.23. The molecule has 1 fully saturated rings. The molecule has 23 heavy (non-hydrogen) atoms. The van der Waals surface area contributed by atoms with Crippen LogP contribution in [0.4, 0.5) is 4.79 Å². The molecule has 3 amide bonds. The maximum absolute atomic E-state index is 12.5. The zero-order valence-electron chi connectivity index (χ0n) is 13.6. The number of amides is 3. The molecule has 0 atom stereocenters. The summed E-state index contributed by atoms with van der Waals surface area (Å²) in [6, 6.07) is 8.01. The van der Waals surface area contributed by atoms with Crippen molar-refractivity contribution < 1.29 is 9.59 Å². The maximum Gasteiger partial charge on any atom is 0.319 e. The Balaban J connectivity index is 1.61. The van der Waals surface area contributed by atoms with E-state index in [0.29, 0.717) is 32.6 Å². The summed E-state index contributed by atoms with van der Waals surface area (Å²) in [7, 11) is 3.49. The predicted molar refractivity (Wildman–Crippen MR) is 89.2 cm³/mol. The van der Waals surface area contributed by atoms with Crippen molar-refractivity contribution in [3.8, 4) is 0 Å². The number of carbonyl (C=O) groups is 2. The summed E-state index contributed by atoms with van der Waals surface area (Å²) in [6.07, 6.45) is 2.31. The van der Waals surface area contributed by atoms with Gasteiger partial charge in [-0.25, -0.2) is 4.79 Å². The first-order chi connectivity index (χ1) is 11.1. The van der Waals surface area contributed by atoms with Gasteiger partial charge >= 0.3 is 6.03 Å². The SMILES string of the molecule is CN(C)C(=O)N1CCN(C(=O)Cc2c[nH]c3ccccc23)CC1. The number of carbonyl (C=O) groups excluding carboxylic acids is 2.